The van der Waals surface area contributed by atoms with Crippen LogP contribution >= 0.6 is 7.26 Å². The van der Waals surface area contributed by atoms with Crippen LogP contribution in [0.15, 0.2) is 24.3 Å². The van der Waals surface area contributed by atoms with Gasteiger partial charge in [-0.25, -0.2) is 4.79 Å². The van der Waals surface area contributed by atoms with Gasteiger partial charge in [-0.2, -0.15) is 0 Å². The Morgan fingerprint density at radius 3 is 1.54 bits per heavy atom. The van der Waals surface area contributed by atoms with Crippen LogP contribution in [0, 0.1) is 0 Å². The van der Waals surface area contributed by atoms with Gasteiger partial charge < -0.3 is 9.84 Å². The first-order valence-electron chi connectivity index (χ1n) is 11.2. The van der Waals surface area contributed by atoms with Crippen molar-refractivity contribution < 1.29 is 14.6 Å². The zero-order chi connectivity index (χ0) is 21.3. The average Bonchev–Trinajstić information content (AvgIpc) is 2.73. The van der Waals surface area contributed by atoms with E-state index >= 15 is 0 Å². The number of para-hydroxylation sites is 1. The Hall–Kier alpha value is -1.08. The Morgan fingerprint density at radius 1 is 0.821 bits per heavy atom. The number of hydrogen-bond donors (Lipinski definition) is 0. The fourth-order valence-electron chi connectivity index (χ4n) is 3.39. The van der Waals surface area contributed by atoms with Crippen LogP contribution in [0.25, 0.3) is 0 Å². The van der Waals surface area contributed by atoms with Gasteiger partial charge in [-0.05, 0) is 31.7 Å². The highest BCUT2D eigenvalue weighted by molar-refractivity contribution is 7.75. The molecule has 0 aromatic heterocycles. The van der Waals surface area contributed by atoms with Gasteiger partial charge in [-0.1, -0.05) is 77.3 Å². The summed E-state index contributed by atoms with van der Waals surface area (Å²) in [5, 5.41) is 10.9. The molecular formula is C24H43O3P. The van der Waals surface area contributed by atoms with Gasteiger partial charge in [-0.15, -0.1) is 0 Å². The fraction of sp³-hybridized carbons (Fsp3) is 0.708. The minimum Gasteiger partial charge on any atom is -0.872 e. The zero-order valence-corrected chi connectivity index (χ0v) is 19.9. The molecule has 0 atom stereocenters. The van der Waals surface area contributed by atoms with Crippen molar-refractivity contribution in [2.24, 2.45) is 0 Å². The molecule has 0 fully saturated rings. The summed E-state index contributed by atoms with van der Waals surface area (Å²) in [6.07, 6.45) is 17.9. The van der Waals surface area contributed by atoms with E-state index in [0.717, 1.165) is 0 Å². The standard InChI is InChI=1S/C16H36P.C8H8O3/c1-5-9-13-17(14-10-6-2,15-11-7-3)16-12-8-4;1-11-8(10)6-4-2-3-5-7(6)9/h5-16H2,1-4H3;2-5,9H,1H3/q+1;/p-1. The smallest absolute Gasteiger partial charge is 0.337 e. The zero-order valence-electron chi connectivity index (χ0n) is 19.0. The number of carbonyl (C=O) groups is 1. The molecule has 1 aromatic rings. The number of unbranched alkanes of at least 4 members (excludes halogenated alkanes) is 4. The highest BCUT2D eigenvalue weighted by Gasteiger charge is 2.34. The summed E-state index contributed by atoms with van der Waals surface area (Å²) in [7, 11) is 0.683. The van der Waals surface area contributed by atoms with Crippen LogP contribution < -0.4 is 5.11 Å². The fourth-order valence-corrected chi connectivity index (χ4v) is 8.68. The minimum atomic E-state index is -0.587. The Balaban J connectivity index is 0.000000567. The molecule has 0 bridgehead atoms. The van der Waals surface area contributed by atoms with E-state index in [4.69, 9.17) is 0 Å². The number of esters is 1. The van der Waals surface area contributed by atoms with Gasteiger partial charge in [0.15, 0.2) is 0 Å². The molecule has 0 saturated heterocycles. The lowest BCUT2D eigenvalue weighted by Gasteiger charge is -2.28. The quantitative estimate of drug-likeness (QED) is 0.267. The van der Waals surface area contributed by atoms with Gasteiger partial charge >= 0.3 is 5.97 Å². The molecule has 0 N–H and O–H groups in total. The van der Waals surface area contributed by atoms with E-state index in [0.29, 0.717) is 0 Å². The second kappa shape index (κ2) is 16.8. The molecular weight excluding hydrogens is 367 g/mol. The predicted molar refractivity (Wildman–Crippen MR) is 123 cm³/mol. The molecule has 0 aliphatic carbocycles. The van der Waals surface area contributed by atoms with E-state index in [9.17, 15) is 9.90 Å². The summed E-state index contributed by atoms with van der Waals surface area (Å²) < 4.78 is 4.38. The number of carbonyl (C=O) groups excluding carboxylic acids is 1. The molecule has 0 amide bonds. The Kier molecular flexibility index (Phi) is 16.2. The summed E-state index contributed by atoms with van der Waals surface area (Å²) in [4.78, 5) is 10.8. The van der Waals surface area contributed by atoms with Crippen LogP contribution in [0.1, 0.15) is 89.4 Å². The lowest BCUT2D eigenvalue weighted by molar-refractivity contribution is -0.268. The second-order valence-corrected chi connectivity index (χ2v) is 12.1. The van der Waals surface area contributed by atoms with E-state index in [1.807, 2.05) is 0 Å². The van der Waals surface area contributed by atoms with Crippen molar-refractivity contribution in [1.29, 1.82) is 0 Å². The van der Waals surface area contributed by atoms with E-state index in [2.05, 4.69) is 32.4 Å². The normalized spacial score (nSPS) is 10.9. The van der Waals surface area contributed by atoms with Crippen LogP contribution in [0.3, 0.4) is 0 Å². The monoisotopic (exact) mass is 410 g/mol. The van der Waals surface area contributed by atoms with E-state index in [-0.39, 0.29) is 11.3 Å². The number of benzene rings is 1. The molecule has 1 rings (SSSR count). The van der Waals surface area contributed by atoms with Crippen LogP contribution in [0.5, 0.6) is 5.75 Å². The maximum atomic E-state index is 10.9. The number of methoxy groups -OCH3 is 1. The summed E-state index contributed by atoms with van der Waals surface area (Å²) in [6.45, 7) is 9.42. The van der Waals surface area contributed by atoms with Gasteiger partial charge in [0.05, 0.1) is 37.3 Å². The van der Waals surface area contributed by atoms with E-state index < -0.39 is 13.2 Å². The van der Waals surface area contributed by atoms with Crippen molar-refractivity contribution in [3.05, 3.63) is 29.8 Å². The first kappa shape index (κ1) is 26.9. The Bertz CT molecular complexity index is 479. The maximum absolute atomic E-state index is 10.9. The highest BCUT2D eigenvalue weighted by atomic mass is 31.2. The molecule has 0 heterocycles. The minimum absolute atomic E-state index is 0.0787. The molecule has 0 radical (unpaired) electrons. The second-order valence-electron chi connectivity index (χ2n) is 7.64. The van der Waals surface area contributed by atoms with Gasteiger partial charge in [-0.3, -0.25) is 0 Å². The summed E-state index contributed by atoms with van der Waals surface area (Å²) in [5.74, 6) is -0.894. The van der Waals surface area contributed by atoms with Gasteiger partial charge in [0.25, 0.3) is 0 Å². The predicted octanol–water partition coefficient (Wildman–Crippen LogP) is 6.75. The molecule has 0 aliphatic rings. The number of hydrogen-bond acceptors (Lipinski definition) is 3. The maximum Gasteiger partial charge on any atom is 0.337 e. The SMILES string of the molecule is CCCC[P+](CCCC)(CCCC)CCCC.COC(=O)c1ccccc1[O-]. The largest absolute Gasteiger partial charge is 0.872 e. The molecule has 0 aliphatic heterocycles. The van der Waals surface area contributed by atoms with Crippen molar-refractivity contribution in [3.8, 4) is 5.75 Å². The molecule has 4 heteroatoms. The van der Waals surface area contributed by atoms with Crippen LogP contribution in [-0.2, 0) is 4.74 Å². The number of ether oxygens (including phenoxy) is 1. The van der Waals surface area contributed by atoms with Crippen molar-refractivity contribution >= 4 is 13.2 Å². The summed E-state index contributed by atoms with van der Waals surface area (Å²) >= 11 is 0. The molecule has 1 aromatic carbocycles. The third-order valence-corrected chi connectivity index (χ3v) is 10.3. The van der Waals surface area contributed by atoms with E-state index in [1.54, 1.807) is 36.8 Å². The lowest BCUT2D eigenvalue weighted by Crippen LogP contribution is -2.12. The molecule has 162 valence electrons. The third-order valence-electron chi connectivity index (χ3n) is 5.24. The topological polar surface area (TPSA) is 49.4 Å². The molecule has 28 heavy (non-hydrogen) atoms. The molecule has 0 saturated carbocycles. The van der Waals surface area contributed by atoms with Gasteiger partial charge in [0, 0.05) is 7.26 Å². The molecule has 3 nitrogen and oxygen atoms in total. The summed E-state index contributed by atoms with van der Waals surface area (Å²) in [6, 6.07) is 5.96. The van der Waals surface area contributed by atoms with Crippen molar-refractivity contribution in [2.75, 3.05) is 31.8 Å². The first-order chi connectivity index (χ1) is 13.5. The number of rotatable bonds is 13. The third kappa shape index (κ3) is 11.1. The molecule has 0 unspecified atom stereocenters. The molecule has 0 spiro atoms. The van der Waals surface area contributed by atoms with E-state index in [1.165, 1.54) is 70.6 Å². The van der Waals surface area contributed by atoms with Crippen LogP contribution in [0.2, 0.25) is 0 Å². The first-order valence-corrected chi connectivity index (χ1v) is 13.7. The highest BCUT2D eigenvalue weighted by Crippen LogP contribution is 2.61. The van der Waals surface area contributed by atoms with Crippen molar-refractivity contribution in [1.82, 2.24) is 0 Å². The van der Waals surface area contributed by atoms with Gasteiger partial charge in [0.2, 0.25) is 0 Å². The van der Waals surface area contributed by atoms with Crippen LogP contribution in [0.4, 0.5) is 0 Å². The Labute approximate surface area is 174 Å². The summed E-state index contributed by atoms with van der Waals surface area (Å²) in [5.41, 5.74) is 0.0787. The lowest BCUT2D eigenvalue weighted by atomic mass is 10.2. The Morgan fingerprint density at radius 2 is 1.21 bits per heavy atom. The van der Waals surface area contributed by atoms with Crippen molar-refractivity contribution in [2.45, 2.75) is 79.1 Å². The van der Waals surface area contributed by atoms with Gasteiger partial charge in [0.1, 0.15) is 0 Å². The average molecular weight is 411 g/mol. The van der Waals surface area contributed by atoms with Crippen LogP contribution in [-0.4, -0.2) is 37.7 Å². The van der Waals surface area contributed by atoms with Crippen molar-refractivity contribution in [3.63, 3.8) is 0 Å².